The Kier molecular flexibility index (Phi) is 5.48. The summed E-state index contributed by atoms with van der Waals surface area (Å²) >= 11 is 0. The second-order valence-corrected chi connectivity index (χ2v) is 4.91. The first-order valence-electron chi connectivity index (χ1n) is 7.17. The van der Waals surface area contributed by atoms with E-state index in [0.29, 0.717) is 0 Å². The van der Waals surface area contributed by atoms with Crippen molar-refractivity contribution in [1.29, 1.82) is 0 Å². The third-order valence-corrected chi connectivity index (χ3v) is 3.63. The van der Waals surface area contributed by atoms with E-state index in [2.05, 4.69) is 34.6 Å². The lowest BCUT2D eigenvalue weighted by Crippen LogP contribution is -2.45. The number of methoxy groups -OCH3 is 1. The average Bonchev–Trinajstić information content (AvgIpc) is 2.48. The predicted octanol–water partition coefficient (Wildman–Crippen LogP) is 1.57. The first-order chi connectivity index (χ1) is 9.33. The van der Waals surface area contributed by atoms with Gasteiger partial charge in [0.05, 0.1) is 12.8 Å². The maximum Gasteiger partial charge on any atom is 0.141 e. The van der Waals surface area contributed by atoms with Crippen molar-refractivity contribution >= 4 is 5.69 Å². The van der Waals surface area contributed by atoms with Crippen molar-refractivity contribution in [3.05, 3.63) is 23.8 Å². The van der Waals surface area contributed by atoms with Gasteiger partial charge in [0.2, 0.25) is 0 Å². The van der Waals surface area contributed by atoms with E-state index in [4.69, 9.17) is 4.74 Å². The number of nitrogens with zero attached hydrogens (tertiary/aromatic N) is 1. The zero-order chi connectivity index (χ0) is 13.5. The van der Waals surface area contributed by atoms with Crippen LogP contribution in [0.3, 0.4) is 0 Å². The molecule has 2 rings (SSSR count). The van der Waals surface area contributed by atoms with E-state index in [-0.39, 0.29) is 0 Å². The Labute approximate surface area is 116 Å². The van der Waals surface area contributed by atoms with E-state index in [1.165, 1.54) is 5.56 Å². The van der Waals surface area contributed by atoms with E-state index in [0.717, 1.165) is 57.1 Å². The van der Waals surface area contributed by atoms with E-state index in [9.17, 15) is 0 Å². The molecule has 4 heteroatoms. The summed E-state index contributed by atoms with van der Waals surface area (Å²) in [6.07, 6.45) is 1.05. The van der Waals surface area contributed by atoms with Crippen LogP contribution >= 0.6 is 0 Å². The third-order valence-electron chi connectivity index (χ3n) is 3.63. The molecule has 19 heavy (non-hydrogen) atoms. The molecule has 4 nitrogen and oxygen atoms in total. The van der Waals surface area contributed by atoms with E-state index < -0.39 is 0 Å². The molecule has 1 heterocycles. The normalized spacial score (nSPS) is 16.3. The van der Waals surface area contributed by atoms with Gasteiger partial charge in [0.15, 0.2) is 0 Å². The number of rotatable bonds is 6. The number of hydrogen-bond acceptors (Lipinski definition) is 4. The molecule has 0 bridgehead atoms. The van der Waals surface area contributed by atoms with Crippen LogP contribution in [0.1, 0.15) is 12.5 Å². The number of nitrogens with one attached hydrogen (secondary N) is 2. The summed E-state index contributed by atoms with van der Waals surface area (Å²) in [6.45, 7) is 8.72. The molecule has 0 unspecified atom stereocenters. The van der Waals surface area contributed by atoms with Crippen LogP contribution in [0.25, 0.3) is 0 Å². The lowest BCUT2D eigenvalue weighted by atomic mass is 10.1. The summed E-state index contributed by atoms with van der Waals surface area (Å²) in [6, 6.07) is 6.36. The van der Waals surface area contributed by atoms with Gasteiger partial charge in [-0.2, -0.15) is 0 Å². The Balaban J connectivity index is 1.86. The van der Waals surface area contributed by atoms with Crippen LogP contribution in [-0.2, 0) is 6.42 Å². The zero-order valence-electron chi connectivity index (χ0n) is 12.0. The Hall–Kier alpha value is -1.26. The molecule has 106 valence electrons. The summed E-state index contributed by atoms with van der Waals surface area (Å²) in [4.78, 5) is 2.49. The van der Waals surface area contributed by atoms with Gasteiger partial charge in [-0.05, 0) is 24.1 Å². The molecule has 0 aromatic heterocycles. The summed E-state index contributed by atoms with van der Waals surface area (Å²) in [7, 11) is 1.72. The highest BCUT2D eigenvalue weighted by Gasteiger charge is 2.09. The van der Waals surface area contributed by atoms with Crippen LogP contribution in [0.4, 0.5) is 5.69 Å². The van der Waals surface area contributed by atoms with Gasteiger partial charge in [-0.1, -0.05) is 13.0 Å². The van der Waals surface area contributed by atoms with Crippen LogP contribution in [0.15, 0.2) is 18.2 Å². The first-order valence-corrected chi connectivity index (χ1v) is 7.17. The molecule has 0 atom stereocenters. The monoisotopic (exact) mass is 263 g/mol. The molecule has 1 aliphatic heterocycles. The highest BCUT2D eigenvalue weighted by atomic mass is 16.5. The molecular weight excluding hydrogens is 238 g/mol. The fourth-order valence-corrected chi connectivity index (χ4v) is 2.40. The van der Waals surface area contributed by atoms with Gasteiger partial charge in [0.1, 0.15) is 5.75 Å². The number of benzene rings is 1. The highest BCUT2D eigenvalue weighted by Crippen LogP contribution is 2.25. The van der Waals surface area contributed by atoms with Crippen molar-refractivity contribution in [2.24, 2.45) is 0 Å². The molecule has 1 saturated heterocycles. The predicted molar refractivity (Wildman–Crippen MR) is 80.2 cm³/mol. The minimum absolute atomic E-state index is 0.928. The number of piperazine rings is 1. The number of anilines is 1. The summed E-state index contributed by atoms with van der Waals surface area (Å²) in [5.41, 5.74) is 2.45. The molecule has 1 aliphatic rings. The SMILES string of the molecule is CCc1ccc(OC)c(NCCN2CCNCC2)c1. The van der Waals surface area contributed by atoms with Crippen molar-refractivity contribution in [2.45, 2.75) is 13.3 Å². The molecule has 1 aromatic carbocycles. The fourth-order valence-electron chi connectivity index (χ4n) is 2.40. The van der Waals surface area contributed by atoms with Crippen LogP contribution < -0.4 is 15.4 Å². The molecule has 0 radical (unpaired) electrons. The minimum atomic E-state index is 0.928. The van der Waals surface area contributed by atoms with E-state index in [1.807, 2.05) is 6.07 Å². The molecular formula is C15H25N3O. The summed E-state index contributed by atoms with van der Waals surface area (Å²) in [5, 5.41) is 6.87. The Morgan fingerprint density at radius 3 is 2.79 bits per heavy atom. The van der Waals surface area contributed by atoms with Gasteiger partial charge in [0, 0.05) is 39.3 Å². The lowest BCUT2D eigenvalue weighted by Gasteiger charge is -2.27. The Morgan fingerprint density at radius 2 is 2.11 bits per heavy atom. The van der Waals surface area contributed by atoms with Gasteiger partial charge < -0.3 is 15.4 Å². The van der Waals surface area contributed by atoms with Gasteiger partial charge in [0.25, 0.3) is 0 Å². The molecule has 0 saturated carbocycles. The van der Waals surface area contributed by atoms with Gasteiger partial charge in [-0.25, -0.2) is 0 Å². The van der Waals surface area contributed by atoms with Crippen molar-refractivity contribution in [1.82, 2.24) is 10.2 Å². The Bertz CT molecular complexity index is 389. The number of hydrogen-bond donors (Lipinski definition) is 2. The third kappa shape index (κ3) is 4.11. The minimum Gasteiger partial charge on any atom is -0.495 e. The van der Waals surface area contributed by atoms with Crippen LogP contribution in [0.2, 0.25) is 0 Å². The zero-order valence-corrected chi connectivity index (χ0v) is 12.0. The van der Waals surface area contributed by atoms with Crippen molar-refractivity contribution in [2.75, 3.05) is 51.7 Å². The van der Waals surface area contributed by atoms with Gasteiger partial charge in [-0.3, -0.25) is 4.90 Å². The summed E-state index contributed by atoms with van der Waals surface area (Å²) in [5.74, 6) is 0.928. The molecule has 0 spiro atoms. The second kappa shape index (κ2) is 7.36. The lowest BCUT2D eigenvalue weighted by molar-refractivity contribution is 0.249. The summed E-state index contributed by atoms with van der Waals surface area (Å²) < 4.78 is 5.40. The molecule has 0 aliphatic carbocycles. The standard InChI is InChI=1S/C15H25N3O/c1-3-13-4-5-15(19-2)14(12-13)17-8-11-18-9-6-16-7-10-18/h4-5,12,16-17H,3,6-11H2,1-2H3. The highest BCUT2D eigenvalue weighted by molar-refractivity contribution is 5.58. The topological polar surface area (TPSA) is 36.5 Å². The van der Waals surface area contributed by atoms with Crippen molar-refractivity contribution < 1.29 is 4.74 Å². The van der Waals surface area contributed by atoms with Crippen LogP contribution in [-0.4, -0.2) is 51.3 Å². The smallest absolute Gasteiger partial charge is 0.141 e. The molecule has 2 N–H and O–H groups in total. The van der Waals surface area contributed by atoms with E-state index in [1.54, 1.807) is 7.11 Å². The van der Waals surface area contributed by atoms with Gasteiger partial charge in [-0.15, -0.1) is 0 Å². The van der Waals surface area contributed by atoms with Crippen LogP contribution in [0, 0.1) is 0 Å². The number of aryl methyl sites for hydroxylation is 1. The maximum atomic E-state index is 5.40. The Morgan fingerprint density at radius 1 is 1.32 bits per heavy atom. The quantitative estimate of drug-likeness (QED) is 0.817. The van der Waals surface area contributed by atoms with Crippen molar-refractivity contribution in [3.8, 4) is 5.75 Å². The second-order valence-electron chi connectivity index (χ2n) is 4.91. The van der Waals surface area contributed by atoms with Crippen molar-refractivity contribution in [3.63, 3.8) is 0 Å². The average molecular weight is 263 g/mol. The largest absolute Gasteiger partial charge is 0.495 e. The fraction of sp³-hybridized carbons (Fsp3) is 0.600. The maximum absolute atomic E-state index is 5.40. The molecule has 0 amide bonds. The van der Waals surface area contributed by atoms with E-state index >= 15 is 0 Å². The molecule has 1 aromatic rings. The first kappa shape index (κ1) is 14.2. The van der Waals surface area contributed by atoms with Gasteiger partial charge >= 0.3 is 0 Å². The number of ether oxygens (including phenoxy) is 1. The van der Waals surface area contributed by atoms with Crippen LogP contribution in [0.5, 0.6) is 5.75 Å². The molecule has 1 fully saturated rings.